The summed E-state index contributed by atoms with van der Waals surface area (Å²) in [4.78, 5) is 25.6. The van der Waals surface area contributed by atoms with E-state index in [1.165, 1.54) is 77.0 Å². The molecule has 1 aromatic carbocycles. The van der Waals surface area contributed by atoms with Crippen molar-refractivity contribution in [3.05, 3.63) is 30.3 Å². The molecule has 0 saturated heterocycles. The number of benzene rings is 1. The molecule has 4 heteroatoms. The van der Waals surface area contributed by atoms with Gasteiger partial charge in [0.2, 0.25) is 5.91 Å². The predicted molar refractivity (Wildman–Crippen MR) is 130 cm³/mol. The lowest BCUT2D eigenvalue weighted by atomic mass is 10.0. The van der Waals surface area contributed by atoms with E-state index in [4.69, 9.17) is 4.74 Å². The number of anilines is 1. The van der Waals surface area contributed by atoms with Crippen molar-refractivity contribution in [1.82, 2.24) is 0 Å². The molecule has 1 rings (SSSR count). The van der Waals surface area contributed by atoms with Crippen LogP contribution in [0.1, 0.15) is 110 Å². The Hall–Kier alpha value is -1.84. The number of unbranched alkanes of at least 4 members (excludes halogenated alkanes) is 13. The summed E-state index contributed by atoms with van der Waals surface area (Å²) in [5, 5.41) is 0. The fraction of sp³-hybridized carbons (Fsp3) is 0.704. The maximum atomic E-state index is 12.2. The van der Waals surface area contributed by atoms with Gasteiger partial charge in [-0.3, -0.25) is 9.59 Å². The number of rotatable bonds is 19. The summed E-state index contributed by atoms with van der Waals surface area (Å²) in [7, 11) is 1.73. The van der Waals surface area contributed by atoms with Crippen LogP contribution in [-0.2, 0) is 14.3 Å². The molecule has 0 unspecified atom stereocenters. The Morgan fingerprint density at radius 2 is 1.19 bits per heavy atom. The lowest BCUT2D eigenvalue weighted by molar-refractivity contribution is -0.144. The Balaban J connectivity index is 1.88. The van der Waals surface area contributed by atoms with Crippen molar-refractivity contribution in [3.8, 4) is 0 Å². The fourth-order valence-electron chi connectivity index (χ4n) is 3.73. The second-order valence-corrected chi connectivity index (χ2v) is 8.60. The van der Waals surface area contributed by atoms with Crippen molar-refractivity contribution in [3.63, 3.8) is 0 Å². The first-order valence-electron chi connectivity index (χ1n) is 12.6. The summed E-state index contributed by atoms with van der Waals surface area (Å²) in [6.45, 7) is 2.74. The first-order chi connectivity index (χ1) is 15.1. The molecular formula is C27H45NO3. The molecule has 0 radical (unpaired) electrons. The number of nitrogens with zero attached hydrogens (tertiary/aromatic N) is 1. The summed E-state index contributed by atoms with van der Waals surface area (Å²) in [5.74, 6) is -0.343. The summed E-state index contributed by atoms with van der Waals surface area (Å²) in [6, 6.07) is 9.46. The first-order valence-corrected chi connectivity index (χ1v) is 12.6. The SMILES string of the molecule is CCCCCCCCCCCCCCCCOC(=O)CCC(=O)N(C)c1ccccc1. The predicted octanol–water partition coefficient (Wildman–Crippen LogP) is 7.45. The normalized spacial score (nSPS) is 10.8. The third-order valence-electron chi connectivity index (χ3n) is 5.82. The first kappa shape index (κ1) is 27.2. The van der Waals surface area contributed by atoms with Crippen LogP contribution in [0.15, 0.2) is 30.3 Å². The highest BCUT2D eigenvalue weighted by atomic mass is 16.5. The van der Waals surface area contributed by atoms with Crippen molar-refractivity contribution in [2.45, 2.75) is 110 Å². The van der Waals surface area contributed by atoms with Gasteiger partial charge in [0.1, 0.15) is 0 Å². The number of hydrogen-bond acceptors (Lipinski definition) is 3. The highest BCUT2D eigenvalue weighted by Gasteiger charge is 2.13. The molecule has 31 heavy (non-hydrogen) atoms. The second kappa shape index (κ2) is 18.9. The maximum absolute atomic E-state index is 12.2. The highest BCUT2D eigenvalue weighted by molar-refractivity contribution is 5.94. The summed E-state index contributed by atoms with van der Waals surface area (Å²) >= 11 is 0. The number of para-hydroxylation sites is 1. The van der Waals surface area contributed by atoms with Crippen LogP contribution >= 0.6 is 0 Å². The maximum Gasteiger partial charge on any atom is 0.306 e. The topological polar surface area (TPSA) is 46.6 Å². The van der Waals surface area contributed by atoms with Crippen molar-refractivity contribution in [2.75, 3.05) is 18.6 Å². The van der Waals surface area contributed by atoms with E-state index in [1.807, 2.05) is 30.3 Å². The van der Waals surface area contributed by atoms with Gasteiger partial charge < -0.3 is 9.64 Å². The molecule has 0 aliphatic carbocycles. The van der Waals surface area contributed by atoms with E-state index in [1.54, 1.807) is 11.9 Å². The van der Waals surface area contributed by atoms with Gasteiger partial charge in [0.15, 0.2) is 0 Å². The van der Waals surface area contributed by atoms with Gasteiger partial charge in [0.05, 0.1) is 13.0 Å². The van der Waals surface area contributed by atoms with Crippen molar-refractivity contribution < 1.29 is 14.3 Å². The van der Waals surface area contributed by atoms with Gasteiger partial charge >= 0.3 is 5.97 Å². The monoisotopic (exact) mass is 431 g/mol. The number of carbonyl (C=O) groups is 2. The van der Waals surface area contributed by atoms with Crippen LogP contribution in [0.4, 0.5) is 5.69 Å². The van der Waals surface area contributed by atoms with Gasteiger partial charge in [0, 0.05) is 19.2 Å². The van der Waals surface area contributed by atoms with Gasteiger partial charge in [-0.25, -0.2) is 0 Å². The molecule has 0 spiro atoms. The minimum absolute atomic E-state index is 0.0698. The van der Waals surface area contributed by atoms with E-state index >= 15 is 0 Å². The average Bonchev–Trinajstić information content (AvgIpc) is 2.80. The number of esters is 1. The van der Waals surface area contributed by atoms with E-state index in [9.17, 15) is 9.59 Å². The van der Waals surface area contributed by atoms with E-state index in [0.29, 0.717) is 6.61 Å². The molecule has 0 heterocycles. The molecular weight excluding hydrogens is 386 g/mol. The minimum atomic E-state index is -0.274. The quantitative estimate of drug-likeness (QED) is 0.169. The van der Waals surface area contributed by atoms with E-state index < -0.39 is 0 Å². The minimum Gasteiger partial charge on any atom is -0.466 e. The van der Waals surface area contributed by atoms with Gasteiger partial charge in [-0.05, 0) is 18.6 Å². The van der Waals surface area contributed by atoms with Gasteiger partial charge in [-0.2, -0.15) is 0 Å². The molecule has 0 aromatic heterocycles. The zero-order valence-electron chi connectivity index (χ0n) is 20.1. The number of ether oxygens (including phenoxy) is 1. The van der Waals surface area contributed by atoms with Crippen LogP contribution in [0.3, 0.4) is 0 Å². The zero-order chi connectivity index (χ0) is 22.6. The Kier molecular flexibility index (Phi) is 16.6. The lowest BCUT2D eigenvalue weighted by Crippen LogP contribution is -2.26. The van der Waals surface area contributed by atoms with Gasteiger partial charge in [0.25, 0.3) is 0 Å². The van der Waals surface area contributed by atoms with Crippen molar-refractivity contribution in [2.24, 2.45) is 0 Å². The van der Waals surface area contributed by atoms with Gasteiger partial charge in [-0.1, -0.05) is 109 Å². The second-order valence-electron chi connectivity index (χ2n) is 8.60. The molecule has 0 atom stereocenters. The lowest BCUT2D eigenvalue weighted by Gasteiger charge is -2.16. The van der Waals surface area contributed by atoms with E-state index in [0.717, 1.165) is 18.5 Å². The number of hydrogen-bond donors (Lipinski definition) is 0. The summed E-state index contributed by atoms with van der Waals surface area (Å²) in [6.07, 6.45) is 18.7. The molecule has 1 aromatic rings. The van der Waals surface area contributed by atoms with E-state index in [-0.39, 0.29) is 24.7 Å². The average molecular weight is 432 g/mol. The van der Waals surface area contributed by atoms with Crippen LogP contribution in [0.2, 0.25) is 0 Å². The number of amides is 1. The van der Waals surface area contributed by atoms with Crippen LogP contribution < -0.4 is 4.90 Å². The Morgan fingerprint density at radius 3 is 1.71 bits per heavy atom. The number of carbonyl (C=O) groups excluding carboxylic acids is 2. The largest absolute Gasteiger partial charge is 0.466 e. The molecule has 0 bridgehead atoms. The smallest absolute Gasteiger partial charge is 0.306 e. The molecule has 0 N–H and O–H groups in total. The van der Waals surface area contributed by atoms with Crippen LogP contribution in [-0.4, -0.2) is 25.5 Å². The third-order valence-corrected chi connectivity index (χ3v) is 5.82. The molecule has 1 amide bonds. The molecule has 0 aliphatic rings. The van der Waals surface area contributed by atoms with Gasteiger partial charge in [-0.15, -0.1) is 0 Å². The van der Waals surface area contributed by atoms with Crippen molar-refractivity contribution in [1.29, 1.82) is 0 Å². The highest BCUT2D eigenvalue weighted by Crippen LogP contribution is 2.14. The molecule has 4 nitrogen and oxygen atoms in total. The molecule has 0 fully saturated rings. The molecule has 0 aliphatic heterocycles. The van der Waals surface area contributed by atoms with Crippen LogP contribution in [0, 0.1) is 0 Å². The Morgan fingerprint density at radius 1 is 0.710 bits per heavy atom. The van der Waals surface area contributed by atoms with Crippen LogP contribution in [0.5, 0.6) is 0 Å². The summed E-state index contributed by atoms with van der Waals surface area (Å²) < 4.78 is 5.28. The van der Waals surface area contributed by atoms with Crippen molar-refractivity contribution >= 4 is 17.6 Å². The van der Waals surface area contributed by atoms with E-state index in [2.05, 4.69) is 6.92 Å². The third kappa shape index (κ3) is 14.7. The fourth-order valence-corrected chi connectivity index (χ4v) is 3.73. The standard InChI is InChI=1S/C27H45NO3/c1-3-4-5-6-7-8-9-10-11-12-13-14-15-19-24-31-27(30)23-22-26(29)28(2)25-20-17-16-18-21-25/h16-18,20-21H,3-15,19,22-24H2,1-2H3. The summed E-state index contributed by atoms with van der Waals surface area (Å²) in [5.41, 5.74) is 0.836. The van der Waals surface area contributed by atoms with Crippen LogP contribution in [0.25, 0.3) is 0 Å². The zero-order valence-corrected chi connectivity index (χ0v) is 20.1. The Labute approximate surface area is 190 Å². The molecule has 0 saturated carbocycles. The molecule has 176 valence electrons. The Bertz CT molecular complexity index is 573.